The van der Waals surface area contributed by atoms with Crippen LogP contribution in [-0.4, -0.2) is 39.0 Å². The lowest BCUT2D eigenvalue weighted by Crippen LogP contribution is -2.27. The number of non-ortho nitro benzene ring substituents is 1. The zero-order chi connectivity index (χ0) is 27.4. The number of anilines is 1. The highest BCUT2D eigenvalue weighted by molar-refractivity contribution is 5.89. The molecule has 3 aromatic rings. The summed E-state index contributed by atoms with van der Waals surface area (Å²) < 4.78 is 27.3. The van der Waals surface area contributed by atoms with Gasteiger partial charge in [-0.05, 0) is 51.3 Å². The summed E-state index contributed by atoms with van der Waals surface area (Å²) in [5.41, 5.74) is 0.865. The number of aromatic nitrogens is 2. The molecule has 1 amide bonds. The molecule has 1 aromatic heterocycles. The SMILES string of the molecule is CC(C)(C)n1nc(C2CC(F)C(OC(=O)c3ccc([N+](=O)[O-])cc3)C2)cc1NC(=O)OCc1ccccc1. The summed E-state index contributed by atoms with van der Waals surface area (Å²) >= 11 is 0. The number of nitro groups is 1. The molecule has 10 nitrogen and oxygen atoms in total. The smallest absolute Gasteiger partial charge is 0.413 e. The number of nitro benzene ring substituents is 1. The van der Waals surface area contributed by atoms with Crippen LogP contribution in [-0.2, 0) is 21.6 Å². The summed E-state index contributed by atoms with van der Waals surface area (Å²) in [6.07, 6.45) is -2.74. The number of nitrogens with one attached hydrogen (secondary N) is 1. The van der Waals surface area contributed by atoms with Crippen molar-refractivity contribution in [1.82, 2.24) is 9.78 Å². The molecule has 4 rings (SSSR count). The summed E-state index contributed by atoms with van der Waals surface area (Å²) in [5.74, 6) is -0.687. The Balaban J connectivity index is 1.43. The highest BCUT2D eigenvalue weighted by Crippen LogP contribution is 2.39. The topological polar surface area (TPSA) is 126 Å². The minimum absolute atomic E-state index is 0.0945. The Labute approximate surface area is 218 Å². The number of hydrogen-bond acceptors (Lipinski definition) is 7. The van der Waals surface area contributed by atoms with Crippen LogP contribution in [0.2, 0.25) is 0 Å². The maximum atomic E-state index is 14.9. The summed E-state index contributed by atoms with van der Waals surface area (Å²) in [6.45, 7) is 5.88. The van der Waals surface area contributed by atoms with Crippen molar-refractivity contribution < 1.29 is 28.4 Å². The van der Waals surface area contributed by atoms with Crippen molar-refractivity contribution in [3.05, 3.63) is 87.6 Å². The van der Waals surface area contributed by atoms with Gasteiger partial charge in [0.2, 0.25) is 0 Å². The van der Waals surface area contributed by atoms with Gasteiger partial charge in [0.25, 0.3) is 5.69 Å². The predicted octanol–water partition coefficient (Wildman–Crippen LogP) is 5.74. The van der Waals surface area contributed by atoms with Crippen LogP contribution < -0.4 is 5.32 Å². The molecule has 1 N–H and O–H groups in total. The number of benzene rings is 2. The first kappa shape index (κ1) is 26.8. The Kier molecular flexibility index (Phi) is 7.75. The van der Waals surface area contributed by atoms with Crippen molar-refractivity contribution in [3.63, 3.8) is 0 Å². The monoisotopic (exact) mass is 524 g/mol. The number of carbonyl (C=O) groups excluding carboxylic acids is 2. The van der Waals surface area contributed by atoms with Crippen molar-refractivity contribution in [3.8, 4) is 0 Å². The fraction of sp³-hybridized carbons (Fsp3) is 0.370. The van der Waals surface area contributed by atoms with Gasteiger partial charge in [-0.15, -0.1) is 0 Å². The molecule has 11 heteroatoms. The highest BCUT2D eigenvalue weighted by atomic mass is 19.1. The molecule has 1 aliphatic rings. The van der Waals surface area contributed by atoms with E-state index in [0.29, 0.717) is 11.5 Å². The van der Waals surface area contributed by atoms with Crippen LogP contribution >= 0.6 is 0 Å². The van der Waals surface area contributed by atoms with E-state index in [1.165, 1.54) is 24.3 Å². The standard InChI is InChI=1S/C27H29FN4O6/c1-27(2,3)31-24(29-26(34)37-16-17-7-5-4-6-8-17)15-22(30-31)19-13-21(28)23(14-19)38-25(33)18-9-11-20(12-10-18)32(35)36/h4-12,15,19,21,23H,13-14,16H2,1-3H3,(H,29,34). The van der Waals surface area contributed by atoms with Crippen LogP contribution in [0.25, 0.3) is 0 Å². The number of rotatable bonds is 7. The molecular weight excluding hydrogens is 495 g/mol. The Morgan fingerprint density at radius 2 is 1.82 bits per heavy atom. The van der Waals surface area contributed by atoms with Gasteiger partial charge in [-0.2, -0.15) is 5.10 Å². The van der Waals surface area contributed by atoms with E-state index in [1.54, 1.807) is 10.7 Å². The van der Waals surface area contributed by atoms with E-state index in [4.69, 9.17) is 9.47 Å². The van der Waals surface area contributed by atoms with Crippen LogP contribution in [0.5, 0.6) is 0 Å². The lowest BCUT2D eigenvalue weighted by atomic mass is 10.0. The third kappa shape index (κ3) is 6.34. The van der Waals surface area contributed by atoms with Crippen LogP contribution in [0.3, 0.4) is 0 Å². The van der Waals surface area contributed by atoms with Gasteiger partial charge in [0.15, 0.2) is 0 Å². The fourth-order valence-electron chi connectivity index (χ4n) is 4.30. The van der Waals surface area contributed by atoms with Gasteiger partial charge >= 0.3 is 12.1 Å². The van der Waals surface area contributed by atoms with E-state index in [2.05, 4.69) is 10.4 Å². The molecule has 200 valence electrons. The largest absolute Gasteiger partial charge is 0.456 e. The van der Waals surface area contributed by atoms with E-state index >= 15 is 0 Å². The number of nitrogens with zero attached hydrogens (tertiary/aromatic N) is 3. The molecule has 1 saturated carbocycles. The second-order valence-corrected chi connectivity index (χ2v) is 10.2. The molecule has 0 saturated heterocycles. The van der Waals surface area contributed by atoms with E-state index in [-0.39, 0.29) is 36.6 Å². The molecule has 0 aliphatic heterocycles. The van der Waals surface area contributed by atoms with E-state index < -0.39 is 34.8 Å². The van der Waals surface area contributed by atoms with Crippen LogP contribution in [0, 0.1) is 10.1 Å². The maximum absolute atomic E-state index is 14.9. The number of amides is 1. The minimum Gasteiger partial charge on any atom is -0.456 e. The van der Waals surface area contributed by atoms with E-state index in [1.807, 2.05) is 51.1 Å². The summed E-state index contributed by atoms with van der Waals surface area (Å²) in [5, 5.41) is 18.2. The Bertz CT molecular complexity index is 1300. The quantitative estimate of drug-likeness (QED) is 0.237. The molecule has 1 fully saturated rings. The van der Waals surface area contributed by atoms with E-state index in [9.17, 15) is 24.1 Å². The summed E-state index contributed by atoms with van der Waals surface area (Å²) in [6, 6.07) is 15.9. The third-order valence-corrected chi connectivity index (χ3v) is 6.23. The molecule has 1 aliphatic carbocycles. The fourth-order valence-corrected chi connectivity index (χ4v) is 4.30. The molecule has 3 atom stereocenters. The van der Waals surface area contributed by atoms with Crippen LogP contribution in [0.1, 0.15) is 61.1 Å². The van der Waals surface area contributed by atoms with Crippen LogP contribution in [0.15, 0.2) is 60.7 Å². The van der Waals surface area contributed by atoms with Crippen molar-refractivity contribution in [2.45, 2.75) is 64.0 Å². The summed E-state index contributed by atoms with van der Waals surface area (Å²) in [4.78, 5) is 35.2. The predicted molar refractivity (Wildman–Crippen MR) is 137 cm³/mol. The van der Waals surface area contributed by atoms with Gasteiger partial charge in [0, 0.05) is 24.1 Å². The van der Waals surface area contributed by atoms with Crippen molar-refractivity contribution in [1.29, 1.82) is 0 Å². The van der Waals surface area contributed by atoms with Crippen molar-refractivity contribution >= 4 is 23.6 Å². The normalized spacial score (nSPS) is 19.1. The Morgan fingerprint density at radius 3 is 2.45 bits per heavy atom. The van der Waals surface area contributed by atoms with Crippen molar-refractivity contribution in [2.75, 3.05) is 5.32 Å². The zero-order valence-electron chi connectivity index (χ0n) is 21.3. The number of halogens is 1. The van der Waals surface area contributed by atoms with E-state index in [0.717, 1.165) is 5.56 Å². The first-order chi connectivity index (χ1) is 18.0. The van der Waals surface area contributed by atoms with Gasteiger partial charge in [0.1, 0.15) is 24.7 Å². The Hall–Kier alpha value is -4.28. The molecule has 0 bridgehead atoms. The first-order valence-corrected chi connectivity index (χ1v) is 12.2. The lowest BCUT2D eigenvalue weighted by molar-refractivity contribution is -0.384. The maximum Gasteiger partial charge on any atom is 0.413 e. The van der Waals surface area contributed by atoms with Gasteiger partial charge in [0.05, 0.1) is 21.7 Å². The number of alkyl halides is 1. The molecule has 1 heterocycles. The van der Waals surface area contributed by atoms with Crippen LogP contribution in [0.4, 0.5) is 20.7 Å². The third-order valence-electron chi connectivity index (χ3n) is 6.23. The van der Waals surface area contributed by atoms with Gasteiger partial charge in [-0.1, -0.05) is 30.3 Å². The summed E-state index contributed by atoms with van der Waals surface area (Å²) in [7, 11) is 0. The average Bonchev–Trinajstić information content (AvgIpc) is 3.47. The molecule has 0 radical (unpaired) electrons. The molecule has 38 heavy (non-hydrogen) atoms. The van der Waals surface area contributed by atoms with Gasteiger partial charge in [-0.25, -0.2) is 18.7 Å². The molecule has 3 unspecified atom stereocenters. The van der Waals surface area contributed by atoms with Crippen molar-refractivity contribution in [2.24, 2.45) is 0 Å². The second kappa shape index (κ2) is 11.0. The van der Waals surface area contributed by atoms with Gasteiger partial charge in [-0.3, -0.25) is 15.4 Å². The molecule has 0 spiro atoms. The minimum atomic E-state index is -1.41. The zero-order valence-corrected chi connectivity index (χ0v) is 21.3. The number of ether oxygens (including phenoxy) is 2. The number of hydrogen-bond donors (Lipinski definition) is 1. The molecule has 2 aromatic carbocycles. The lowest BCUT2D eigenvalue weighted by Gasteiger charge is -2.22. The first-order valence-electron chi connectivity index (χ1n) is 12.2. The second-order valence-electron chi connectivity index (χ2n) is 10.2. The van der Waals surface area contributed by atoms with Gasteiger partial charge < -0.3 is 9.47 Å². The average molecular weight is 525 g/mol. The number of esters is 1. The Morgan fingerprint density at radius 1 is 1.13 bits per heavy atom. The number of carbonyl (C=O) groups is 2. The molecular formula is C27H29FN4O6. The highest BCUT2D eigenvalue weighted by Gasteiger charge is 2.40.